The van der Waals surface area contributed by atoms with Gasteiger partial charge in [0.05, 0.1) is 6.42 Å². The van der Waals surface area contributed by atoms with Gasteiger partial charge < -0.3 is 10.0 Å². The number of carbonyl (C=O) groups excluding carboxylic acids is 1. The van der Waals surface area contributed by atoms with E-state index in [1.54, 1.807) is 4.90 Å². The first-order chi connectivity index (χ1) is 9.00. The number of carboxylic acids is 1. The predicted octanol–water partition coefficient (Wildman–Crippen LogP) is 3.06. The number of aliphatic carboxylic acids is 1. The van der Waals surface area contributed by atoms with Crippen molar-refractivity contribution in [2.45, 2.75) is 71.3 Å². The Bertz CT molecular complexity index is 294. The number of hydrogen-bond acceptors (Lipinski definition) is 2. The van der Waals surface area contributed by atoms with Crippen molar-refractivity contribution in [2.24, 2.45) is 5.92 Å². The fourth-order valence-electron chi connectivity index (χ4n) is 2.82. The smallest absolute Gasteiger partial charge is 0.305 e. The van der Waals surface area contributed by atoms with Gasteiger partial charge >= 0.3 is 5.97 Å². The fourth-order valence-corrected chi connectivity index (χ4v) is 2.82. The molecule has 19 heavy (non-hydrogen) atoms. The minimum absolute atomic E-state index is 0.0363. The van der Waals surface area contributed by atoms with E-state index in [1.165, 1.54) is 25.7 Å². The zero-order chi connectivity index (χ0) is 14.3. The largest absolute Gasteiger partial charge is 0.481 e. The number of carbonyl (C=O) groups is 2. The molecule has 0 unspecified atom stereocenters. The number of amides is 1. The lowest BCUT2D eigenvalue weighted by atomic mass is 9.95. The predicted molar refractivity (Wildman–Crippen MR) is 74.9 cm³/mol. The second-order valence-electron chi connectivity index (χ2n) is 5.89. The van der Waals surface area contributed by atoms with Crippen molar-refractivity contribution in [3.8, 4) is 0 Å². The summed E-state index contributed by atoms with van der Waals surface area (Å²) >= 11 is 0. The lowest BCUT2D eigenvalue weighted by Crippen LogP contribution is -2.39. The van der Waals surface area contributed by atoms with Gasteiger partial charge in [0.15, 0.2) is 0 Å². The van der Waals surface area contributed by atoms with Crippen LogP contribution in [0.15, 0.2) is 0 Å². The summed E-state index contributed by atoms with van der Waals surface area (Å²) in [6, 6.07) is 0.0811. The molecule has 0 radical (unpaired) electrons. The van der Waals surface area contributed by atoms with Gasteiger partial charge in [-0.05, 0) is 32.6 Å². The Labute approximate surface area is 116 Å². The molecule has 4 nitrogen and oxygen atoms in total. The molecule has 0 saturated heterocycles. The van der Waals surface area contributed by atoms with Crippen LogP contribution in [0.25, 0.3) is 0 Å². The fraction of sp³-hybridized carbons (Fsp3) is 0.867. The summed E-state index contributed by atoms with van der Waals surface area (Å²) in [5.74, 6) is -0.211. The van der Waals surface area contributed by atoms with Gasteiger partial charge in [-0.1, -0.05) is 25.7 Å². The van der Waals surface area contributed by atoms with Crippen molar-refractivity contribution < 1.29 is 14.7 Å². The third-order valence-electron chi connectivity index (χ3n) is 3.95. The second-order valence-corrected chi connectivity index (χ2v) is 5.89. The van der Waals surface area contributed by atoms with Crippen molar-refractivity contribution in [2.75, 3.05) is 6.54 Å². The number of hydrogen-bond donors (Lipinski definition) is 1. The molecule has 1 fully saturated rings. The van der Waals surface area contributed by atoms with E-state index in [4.69, 9.17) is 5.11 Å². The minimum atomic E-state index is -0.840. The van der Waals surface area contributed by atoms with Gasteiger partial charge in [-0.25, -0.2) is 0 Å². The first-order valence-corrected chi connectivity index (χ1v) is 7.52. The summed E-state index contributed by atoms with van der Waals surface area (Å²) in [5.41, 5.74) is 0. The topological polar surface area (TPSA) is 57.6 Å². The molecule has 4 heteroatoms. The summed E-state index contributed by atoms with van der Waals surface area (Å²) in [6.07, 6.45) is 7.97. The van der Waals surface area contributed by atoms with E-state index >= 15 is 0 Å². The second kappa shape index (κ2) is 8.18. The monoisotopic (exact) mass is 269 g/mol. The summed E-state index contributed by atoms with van der Waals surface area (Å²) in [5, 5.41) is 8.75. The van der Waals surface area contributed by atoms with Crippen LogP contribution in [0.5, 0.6) is 0 Å². The van der Waals surface area contributed by atoms with Crippen LogP contribution in [0.4, 0.5) is 0 Å². The Morgan fingerprint density at radius 3 is 2.21 bits per heavy atom. The number of nitrogens with zero attached hydrogens (tertiary/aromatic N) is 1. The highest BCUT2D eigenvalue weighted by Crippen LogP contribution is 2.26. The maximum atomic E-state index is 12.3. The molecule has 0 heterocycles. The maximum Gasteiger partial charge on any atom is 0.305 e. The van der Waals surface area contributed by atoms with E-state index < -0.39 is 5.97 Å². The van der Waals surface area contributed by atoms with E-state index in [0.29, 0.717) is 18.9 Å². The molecule has 0 aliphatic heterocycles. The van der Waals surface area contributed by atoms with Crippen LogP contribution in [0.2, 0.25) is 0 Å². The third-order valence-corrected chi connectivity index (χ3v) is 3.95. The minimum Gasteiger partial charge on any atom is -0.481 e. The average Bonchev–Trinajstić information content (AvgIpc) is 2.56. The van der Waals surface area contributed by atoms with E-state index in [9.17, 15) is 9.59 Å². The summed E-state index contributed by atoms with van der Waals surface area (Å²) in [6.45, 7) is 4.23. The van der Waals surface area contributed by atoms with Crippen molar-refractivity contribution in [3.05, 3.63) is 0 Å². The zero-order valence-corrected chi connectivity index (χ0v) is 12.2. The molecular formula is C15H27NO3. The summed E-state index contributed by atoms with van der Waals surface area (Å²) < 4.78 is 0. The lowest BCUT2D eigenvalue weighted by molar-refractivity contribution is -0.139. The first-order valence-electron chi connectivity index (χ1n) is 7.52. The van der Waals surface area contributed by atoms with Gasteiger partial charge in [0, 0.05) is 19.0 Å². The number of carboxylic acid groups (broad SMARTS) is 1. The molecule has 0 bridgehead atoms. The molecular weight excluding hydrogens is 242 g/mol. The summed E-state index contributed by atoms with van der Waals surface area (Å²) in [7, 11) is 0. The first kappa shape index (κ1) is 16.0. The highest BCUT2D eigenvalue weighted by atomic mass is 16.4. The van der Waals surface area contributed by atoms with E-state index in [2.05, 4.69) is 0 Å². The Morgan fingerprint density at radius 1 is 1.16 bits per heavy atom. The molecule has 0 aromatic heterocycles. The van der Waals surface area contributed by atoms with Crippen LogP contribution in [-0.2, 0) is 9.59 Å². The molecule has 0 aromatic rings. The van der Waals surface area contributed by atoms with Gasteiger partial charge in [0.1, 0.15) is 0 Å². The molecule has 1 saturated carbocycles. The summed E-state index contributed by atoms with van der Waals surface area (Å²) in [4.78, 5) is 24.7. The van der Waals surface area contributed by atoms with E-state index in [1.807, 2.05) is 13.8 Å². The van der Waals surface area contributed by atoms with Crippen LogP contribution >= 0.6 is 0 Å². The van der Waals surface area contributed by atoms with Crippen LogP contribution in [0, 0.1) is 5.92 Å². The lowest BCUT2D eigenvalue weighted by Gasteiger charge is -2.28. The normalized spacial score (nSPS) is 17.2. The van der Waals surface area contributed by atoms with Crippen LogP contribution < -0.4 is 0 Å². The molecule has 1 aliphatic rings. The highest BCUT2D eigenvalue weighted by molar-refractivity contribution is 5.77. The molecule has 0 atom stereocenters. The highest BCUT2D eigenvalue weighted by Gasteiger charge is 2.22. The Hall–Kier alpha value is -1.06. The SMILES string of the molecule is CC(C)N(CCC(=O)O)C(=O)CC1CCCCCC1. The van der Waals surface area contributed by atoms with E-state index in [-0.39, 0.29) is 18.4 Å². The van der Waals surface area contributed by atoms with E-state index in [0.717, 1.165) is 12.8 Å². The van der Waals surface area contributed by atoms with Gasteiger partial charge in [0.2, 0.25) is 5.91 Å². The van der Waals surface area contributed by atoms with Gasteiger partial charge in [-0.3, -0.25) is 9.59 Å². The molecule has 0 spiro atoms. The molecule has 0 aromatic carbocycles. The zero-order valence-electron chi connectivity index (χ0n) is 12.2. The Morgan fingerprint density at radius 2 is 1.74 bits per heavy atom. The molecule has 1 amide bonds. The molecule has 1 N–H and O–H groups in total. The maximum absolute atomic E-state index is 12.3. The third kappa shape index (κ3) is 6.08. The average molecular weight is 269 g/mol. The Balaban J connectivity index is 2.48. The van der Waals surface area contributed by atoms with Gasteiger partial charge in [-0.15, -0.1) is 0 Å². The van der Waals surface area contributed by atoms with Crippen molar-refractivity contribution in [1.29, 1.82) is 0 Å². The van der Waals surface area contributed by atoms with Gasteiger partial charge in [0.25, 0.3) is 0 Å². The Kier molecular flexibility index (Phi) is 6.89. The van der Waals surface area contributed by atoms with Crippen molar-refractivity contribution in [3.63, 3.8) is 0 Å². The van der Waals surface area contributed by atoms with Crippen molar-refractivity contribution >= 4 is 11.9 Å². The molecule has 110 valence electrons. The quantitative estimate of drug-likeness (QED) is 0.754. The standard InChI is InChI=1S/C15H27NO3/c1-12(2)16(10-9-15(18)19)14(17)11-13-7-5-3-4-6-8-13/h12-13H,3-11H2,1-2H3,(H,18,19). The van der Waals surface area contributed by atoms with Gasteiger partial charge in [-0.2, -0.15) is 0 Å². The van der Waals surface area contributed by atoms with Crippen LogP contribution in [0.3, 0.4) is 0 Å². The van der Waals surface area contributed by atoms with Crippen LogP contribution in [0.1, 0.15) is 65.2 Å². The van der Waals surface area contributed by atoms with Crippen LogP contribution in [-0.4, -0.2) is 34.5 Å². The number of rotatable bonds is 6. The molecule has 1 rings (SSSR count). The molecule has 1 aliphatic carbocycles. The van der Waals surface area contributed by atoms with Crippen molar-refractivity contribution in [1.82, 2.24) is 4.90 Å².